The van der Waals surface area contributed by atoms with Gasteiger partial charge in [-0.15, -0.1) is 0 Å². The molecule has 4 aromatic rings. The zero-order chi connectivity index (χ0) is 44.8. The lowest BCUT2D eigenvalue weighted by atomic mass is 9.73. The molecule has 3 atom stereocenters. The van der Waals surface area contributed by atoms with Gasteiger partial charge >= 0.3 is 0 Å². The maximum Gasteiger partial charge on any atom is 0.255 e. The molecule has 4 amide bonds. The van der Waals surface area contributed by atoms with E-state index in [-0.39, 0.29) is 47.3 Å². The lowest BCUT2D eigenvalue weighted by molar-refractivity contribution is -0.136. The van der Waals surface area contributed by atoms with Crippen LogP contribution in [0.25, 0.3) is 0 Å². The number of carbonyl (C=O) groups excluding carboxylic acids is 4. The number of ether oxygens (including phenoxy) is 1. The molecule has 17 heteroatoms. The van der Waals surface area contributed by atoms with Crippen molar-refractivity contribution in [2.75, 3.05) is 79.0 Å². The molecule has 0 bridgehead atoms. The number of rotatable bonds is 9. The van der Waals surface area contributed by atoms with E-state index < -0.39 is 17.8 Å². The Bertz CT molecular complexity index is 2470. The highest BCUT2D eigenvalue weighted by molar-refractivity contribution is 7.99. The highest BCUT2D eigenvalue weighted by atomic mass is 32.2. The van der Waals surface area contributed by atoms with Gasteiger partial charge in [0, 0.05) is 110 Å². The molecule has 1 unspecified atom stereocenters. The van der Waals surface area contributed by atoms with Gasteiger partial charge in [-0.1, -0.05) is 17.8 Å². The third kappa shape index (κ3) is 8.78. The number of piperazine rings is 1. The predicted molar refractivity (Wildman–Crippen MR) is 246 cm³/mol. The number of hydrogen-bond acceptors (Lipinski definition) is 13. The fourth-order valence-corrected chi connectivity index (χ4v) is 11.4. The third-order valence-electron chi connectivity index (χ3n) is 14.6. The average molecular weight is 903 g/mol. The molecule has 0 saturated carbocycles. The minimum atomic E-state index is -0.627. The van der Waals surface area contributed by atoms with Crippen molar-refractivity contribution >= 4 is 58.3 Å². The Labute approximate surface area is 382 Å². The molecule has 0 radical (unpaired) electrons. The highest BCUT2D eigenvalue weighted by Gasteiger charge is 2.48. The van der Waals surface area contributed by atoms with Crippen molar-refractivity contribution in [3.8, 4) is 0 Å². The normalized spacial score (nSPS) is 23.9. The number of nitrogens with one attached hydrogen (secondary N) is 2. The highest BCUT2D eigenvalue weighted by Crippen LogP contribution is 2.42. The Morgan fingerprint density at radius 1 is 0.892 bits per heavy atom. The van der Waals surface area contributed by atoms with Crippen LogP contribution in [0.15, 0.2) is 83.0 Å². The zero-order valence-electron chi connectivity index (χ0n) is 36.6. The molecule has 1 spiro atoms. The van der Waals surface area contributed by atoms with Crippen LogP contribution in [0.1, 0.15) is 71.7 Å². The fraction of sp³-hybridized carbons (Fsp3) is 0.458. The van der Waals surface area contributed by atoms with E-state index in [2.05, 4.69) is 48.2 Å². The van der Waals surface area contributed by atoms with Crippen molar-refractivity contribution < 1.29 is 28.3 Å². The number of aromatic nitrogens is 2. The van der Waals surface area contributed by atoms with Crippen molar-refractivity contribution in [1.29, 1.82) is 0 Å². The van der Waals surface area contributed by atoms with Gasteiger partial charge in [0.25, 0.3) is 11.8 Å². The van der Waals surface area contributed by atoms with Gasteiger partial charge in [-0.2, -0.15) is 0 Å². The number of anilines is 4. The molecule has 0 aliphatic carbocycles. The van der Waals surface area contributed by atoms with E-state index in [4.69, 9.17) is 15.5 Å². The SMILES string of the molecule is C[C@@H]1OCC2(CCN(c3cnc(Sc4cccc(NC(=O)c5ccc(N6CCC(N7CCN(c8ccc9c(c8)CN(C8CCC(=O)NC8=O)C9=O)CC7)CC6)c(F)c5)c4)cn3)CC2)[C@@H]1N. The van der Waals surface area contributed by atoms with Crippen molar-refractivity contribution in [2.45, 2.75) is 86.1 Å². The Balaban J connectivity index is 0.678. The van der Waals surface area contributed by atoms with Gasteiger partial charge in [0.15, 0.2) is 0 Å². The molecular formula is C48H55FN10O5S. The molecule has 15 nitrogen and oxygen atoms in total. The second-order valence-electron chi connectivity index (χ2n) is 18.3. The number of piperidine rings is 3. The Hall–Kier alpha value is -5.62. The molecule has 4 N–H and O–H groups in total. The molecule has 3 aromatic carbocycles. The van der Waals surface area contributed by atoms with E-state index in [0.717, 1.165) is 112 Å². The molecular weight excluding hydrogens is 848 g/mol. The molecule has 5 saturated heterocycles. The number of benzene rings is 3. The molecule has 340 valence electrons. The number of imide groups is 1. The Morgan fingerprint density at radius 3 is 2.40 bits per heavy atom. The zero-order valence-corrected chi connectivity index (χ0v) is 37.4. The van der Waals surface area contributed by atoms with E-state index in [1.807, 2.05) is 42.6 Å². The summed E-state index contributed by atoms with van der Waals surface area (Å²) < 4.78 is 21.5. The van der Waals surface area contributed by atoms with Crippen LogP contribution in [0.5, 0.6) is 0 Å². The smallest absolute Gasteiger partial charge is 0.255 e. The first-order valence-corrected chi connectivity index (χ1v) is 23.7. The maximum absolute atomic E-state index is 15.7. The Morgan fingerprint density at radius 2 is 1.69 bits per heavy atom. The second kappa shape index (κ2) is 18.0. The quantitative estimate of drug-likeness (QED) is 0.194. The van der Waals surface area contributed by atoms with Crippen LogP contribution in [-0.2, 0) is 20.9 Å². The first kappa shape index (κ1) is 43.3. The van der Waals surface area contributed by atoms with E-state index >= 15 is 4.39 Å². The summed E-state index contributed by atoms with van der Waals surface area (Å²) in [6.45, 7) is 9.80. The maximum atomic E-state index is 15.7. The van der Waals surface area contributed by atoms with Crippen molar-refractivity contribution in [1.82, 2.24) is 25.1 Å². The summed E-state index contributed by atoms with van der Waals surface area (Å²) >= 11 is 1.46. The number of amides is 4. The summed E-state index contributed by atoms with van der Waals surface area (Å²) in [5.41, 5.74) is 10.5. The average Bonchev–Trinajstić information content (AvgIpc) is 3.79. The summed E-state index contributed by atoms with van der Waals surface area (Å²) in [5.74, 6) is -0.814. The van der Waals surface area contributed by atoms with Crippen molar-refractivity contribution in [2.24, 2.45) is 11.1 Å². The van der Waals surface area contributed by atoms with Crippen LogP contribution >= 0.6 is 11.8 Å². The van der Waals surface area contributed by atoms with E-state index in [1.165, 1.54) is 17.8 Å². The van der Waals surface area contributed by atoms with Crippen LogP contribution < -0.4 is 31.1 Å². The molecule has 7 heterocycles. The monoisotopic (exact) mass is 902 g/mol. The van der Waals surface area contributed by atoms with Gasteiger partial charge in [0.1, 0.15) is 22.7 Å². The molecule has 65 heavy (non-hydrogen) atoms. The summed E-state index contributed by atoms with van der Waals surface area (Å²) in [5, 5.41) is 6.04. The number of hydrogen-bond donors (Lipinski definition) is 3. The molecule has 6 aliphatic heterocycles. The topological polar surface area (TPSA) is 170 Å². The van der Waals surface area contributed by atoms with Gasteiger partial charge < -0.3 is 35.4 Å². The number of halogens is 1. The molecule has 6 aliphatic rings. The largest absolute Gasteiger partial charge is 0.376 e. The van der Waals surface area contributed by atoms with Gasteiger partial charge in [-0.05, 0) is 99.2 Å². The van der Waals surface area contributed by atoms with Gasteiger partial charge in [0.2, 0.25) is 11.8 Å². The van der Waals surface area contributed by atoms with Crippen molar-refractivity contribution in [3.05, 3.63) is 95.6 Å². The summed E-state index contributed by atoms with van der Waals surface area (Å²) in [7, 11) is 0. The lowest BCUT2D eigenvalue weighted by Gasteiger charge is -2.44. The van der Waals surface area contributed by atoms with Crippen LogP contribution in [0.3, 0.4) is 0 Å². The summed E-state index contributed by atoms with van der Waals surface area (Å²) in [6, 6.07) is 18.0. The standard InChI is InChI=1S/C48H55FN10O5S/c1-30-44(50)48(29-64-30)13-17-58(18-14-48)41-26-52-43(27-51-41)65-36-4-2-3-33(25-36)53-45(61)31-5-8-39(38(49)24-31)57-15-11-34(12-16-57)55-19-21-56(22-20-55)35-6-7-37-32(23-35)28-59(47(37)63)40-9-10-42(60)54-46(40)62/h2-8,23-27,30,34,40,44H,9-22,28-29,50H2,1H3,(H,53,61)(H,54,60,62)/t30-,40?,44+/m0/s1. The molecule has 1 aromatic heterocycles. The fourth-order valence-electron chi connectivity index (χ4n) is 10.6. The minimum Gasteiger partial charge on any atom is -0.376 e. The third-order valence-corrected chi connectivity index (χ3v) is 15.5. The summed E-state index contributed by atoms with van der Waals surface area (Å²) in [6.07, 6.45) is 8.02. The van der Waals surface area contributed by atoms with E-state index in [9.17, 15) is 19.2 Å². The van der Waals surface area contributed by atoms with Crippen LogP contribution in [0.2, 0.25) is 0 Å². The van der Waals surface area contributed by atoms with Gasteiger partial charge in [0.05, 0.1) is 30.8 Å². The van der Waals surface area contributed by atoms with E-state index in [1.54, 1.807) is 23.2 Å². The van der Waals surface area contributed by atoms with Gasteiger partial charge in [-0.3, -0.25) is 29.4 Å². The lowest BCUT2D eigenvalue weighted by Crippen LogP contribution is -2.53. The van der Waals surface area contributed by atoms with Crippen LogP contribution in [0.4, 0.5) is 27.3 Å². The first-order valence-electron chi connectivity index (χ1n) is 22.8. The number of carbonyl (C=O) groups is 4. The van der Waals surface area contributed by atoms with Crippen LogP contribution in [0, 0.1) is 11.2 Å². The second-order valence-corrected chi connectivity index (χ2v) is 19.4. The number of fused-ring (bicyclic) bond motifs is 1. The van der Waals surface area contributed by atoms with Crippen molar-refractivity contribution in [3.63, 3.8) is 0 Å². The summed E-state index contributed by atoms with van der Waals surface area (Å²) in [4.78, 5) is 71.7. The van der Waals surface area contributed by atoms with Gasteiger partial charge in [-0.25, -0.2) is 14.4 Å². The number of nitrogens with two attached hydrogens (primary N) is 1. The minimum absolute atomic E-state index is 0.0466. The predicted octanol–water partition coefficient (Wildman–Crippen LogP) is 4.90. The Kier molecular flexibility index (Phi) is 12.0. The molecule has 5 fully saturated rings. The van der Waals surface area contributed by atoms with Crippen LogP contribution in [-0.4, -0.2) is 127 Å². The first-order chi connectivity index (χ1) is 31.5. The van der Waals surface area contributed by atoms with E-state index in [0.29, 0.717) is 35.9 Å². The number of nitrogens with zero attached hydrogens (tertiary/aromatic N) is 7. The molecule has 10 rings (SSSR count).